The third kappa shape index (κ3) is 8.51. The lowest BCUT2D eigenvalue weighted by atomic mass is 10.1. The zero-order valence-corrected chi connectivity index (χ0v) is 11.5. The van der Waals surface area contributed by atoms with Gasteiger partial charge in [-0.25, -0.2) is 0 Å². The first-order valence-corrected chi connectivity index (χ1v) is 6.10. The number of hydrogen-bond donors (Lipinski definition) is 6. The predicted octanol–water partition coefficient (Wildman–Crippen LogP) is -0.780. The summed E-state index contributed by atoms with van der Waals surface area (Å²) in [5.41, 5.74) is 11.0. The van der Waals surface area contributed by atoms with Crippen LogP contribution < -0.4 is 11.5 Å². The Kier molecular flexibility index (Phi) is 8.19. The van der Waals surface area contributed by atoms with Crippen molar-refractivity contribution >= 4 is 17.9 Å². The molecular weight excluding hydrogens is 296 g/mol. The van der Waals surface area contributed by atoms with E-state index < -0.39 is 36.4 Å². The Bertz CT molecular complexity index is 516. The largest absolute Gasteiger partial charge is 0.508 e. The fourth-order valence-corrected chi connectivity index (χ4v) is 1.25. The molecular formula is C13H18N2O7. The van der Waals surface area contributed by atoms with Crippen LogP contribution in [-0.4, -0.2) is 50.4 Å². The number of phenolic OH excluding ortho intramolecular Hbond substituents is 1. The van der Waals surface area contributed by atoms with Crippen molar-refractivity contribution < 1.29 is 34.8 Å². The SMILES string of the molecule is NC(CC(=O)O)C(=O)O.N[C@@H](Cc1ccc(O)cc1)C(=O)O. The summed E-state index contributed by atoms with van der Waals surface area (Å²) in [6.45, 7) is 0. The molecule has 8 N–H and O–H groups in total. The second kappa shape index (κ2) is 9.32. The van der Waals surface area contributed by atoms with E-state index in [-0.39, 0.29) is 12.2 Å². The minimum atomic E-state index is -1.29. The van der Waals surface area contributed by atoms with Gasteiger partial charge in [0.15, 0.2) is 0 Å². The quantitative estimate of drug-likeness (QED) is 0.392. The van der Waals surface area contributed by atoms with Crippen LogP contribution in [0, 0.1) is 0 Å². The van der Waals surface area contributed by atoms with E-state index in [1.54, 1.807) is 12.1 Å². The summed E-state index contributed by atoms with van der Waals surface area (Å²) >= 11 is 0. The summed E-state index contributed by atoms with van der Waals surface area (Å²) in [6, 6.07) is 4.14. The lowest BCUT2D eigenvalue weighted by Crippen LogP contribution is -2.32. The summed E-state index contributed by atoms with van der Waals surface area (Å²) < 4.78 is 0. The van der Waals surface area contributed by atoms with E-state index in [0.29, 0.717) is 0 Å². The molecule has 0 aliphatic rings. The lowest BCUT2D eigenvalue weighted by molar-refractivity contribution is -0.144. The average Bonchev–Trinajstić information content (AvgIpc) is 2.41. The summed E-state index contributed by atoms with van der Waals surface area (Å²) in [5, 5.41) is 33.5. The van der Waals surface area contributed by atoms with Crippen LogP contribution in [0.5, 0.6) is 5.75 Å². The van der Waals surface area contributed by atoms with Crippen molar-refractivity contribution in [1.82, 2.24) is 0 Å². The van der Waals surface area contributed by atoms with Crippen LogP contribution in [0.2, 0.25) is 0 Å². The highest BCUT2D eigenvalue weighted by atomic mass is 16.4. The van der Waals surface area contributed by atoms with E-state index in [2.05, 4.69) is 0 Å². The van der Waals surface area contributed by atoms with Gasteiger partial charge in [0.25, 0.3) is 0 Å². The number of phenols is 1. The maximum Gasteiger partial charge on any atom is 0.321 e. The van der Waals surface area contributed by atoms with Crippen LogP contribution in [-0.2, 0) is 20.8 Å². The number of benzene rings is 1. The summed E-state index contributed by atoms with van der Waals surface area (Å²) in [6.07, 6.45) is -0.259. The normalized spacial score (nSPS) is 12.5. The molecule has 1 aromatic rings. The van der Waals surface area contributed by atoms with Crippen LogP contribution in [0.3, 0.4) is 0 Å². The van der Waals surface area contributed by atoms with E-state index in [9.17, 15) is 14.4 Å². The number of nitrogens with two attached hydrogens (primary N) is 2. The number of aromatic hydroxyl groups is 1. The van der Waals surface area contributed by atoms with Crippen LogP contribution in [0.15, 0.2) is 24.3 Å². The van der Waals surface area contributed by atoms with Crippen LogP contribution in [0.25, 0.3) is 0 Å². The minimum absolute atomic E-state index is 0.160. The average molecular weight is 314 g/mol. The van der Waals surface area contributed by atoms with E-state index in [0.717, 1.165) is 5.56 Å². The zero-order chi connectivity index (χ0) is 17.3. The topological polar surface area (TPSA) is 184 Å². The Morgan fingerprint density at radius 1 is 0.909 bits per heavy atom. The van der Waals surface area contributed by atoms with Crippen molar-refractivity contribution in [3.8, 4) is 5.75 Å². The van der Waals surface area contributed by atoms with Gasteiger partial charge < -0.3 is 31.9 Å². The van der Waals surface area contributed by atoms with Crippen LogP contribution >= 0.6 is 0 Å². The van der Waals surface area contributed by atoms with Crippen molar-refractivity contribution in [2.24, 2.45) is 11.5 Å². The van der Waals surface area contributed by atoms with Crippen molar-refractivity contribution in [1.29, 1.82) is 0 Å². The molecule has 1 unspecified atom stereocenters. The van der Waals surface area contributed by atoms with E-state index >= 15 is 0 Å². The van der Waals surface area contributed by atoms with Gasteiger partial charge in [0.2, 0.25) is 0 Å². The van der Waals surface area contributed by atoms with E-state index in [1.165, 1.54) is 12.1 Å². The second-order valence-electron chi connectivity index (χ2n) is 4.36. The van der Waals surface area contributed by atoms with Gasteiger partial charge in [-0.15, -0.1) is 0 Å². The molecule has 122 valence electrons. The first kappa shape index (κ1) is 19.4. The summed E-state index contributed by atoms with van der Waals surface area (Å²) in [7, 11) is 0. The van der Waals surface area contributed by atoms with Gasteiger partial charge in [0.05, 0.1) is 6.42 Å². The van der Waals surface area contributed by atoms with Crippen molar-refractivity contribution in [2.45, 2.75) is 24.9 Å². The fraction of sp³-hybridized carbons (Fsp3) is 0.308. The van der Waals surface area contributed by atoms with Gasteiger partial charge in [-0.2, -0.15) is 0 Å². The standard InChI is InChI=1S/C9H11NO3.C4H7NO4/c10-8(9(12)13)5-6-1-3-7(11)4-2-6;5-2(4(8)9)1-3(6)7/h1-4,8,11H,5,10H2,(H,12,13);2H,1,5H2,(H,6,7)(H,8,9)/t8-;/m0./s1. The maximum atomic E-state index is 10.4. The highest BCUT2D eigenvalue weighted by Gasteiger charge is 2.14. The number of carbonyl (C=O) groups is 3. The van der Waals surface area contributed by atoms with Crippen LogP contribution in [0.1, 0.15) is 12.0 Å². The summed E-state index contributed by atoms with van der Waals surface area (Å²) in [5.74, 6) is -3.36. The van der Waals surface area contributed by atoms with Gasteiger partial charge in [-0.1, -0.05) is 12.1 Å². The third-order valence-corrected chi connectivity index (χ3v) is 2.42. The molecule has 0 radical (unpaired) electrons. The Morgan fingerprint density at radius 3 is 1.68 bits per heavy atom. The predicted molar refractivity (Wildman–Crippen MR) is 75.3 cm³/mol. The highest BCUT2D eigenvalue weighted by Crippen LogP contribution is 2.10. The maximum absolute atomic E-state index is 10.4. The first-order chi connectivity index (χ1) is 10.1. The van der Waals surface area contributed by atoms with Gasteiger partial charge in [-0.3, -0.25) is 14.4 Å². The molecule has 0 aliphatic carbocycles. The number of carboxylic acid groups (broad SMARTS) is 3. The van der Waals surface area contributed by atoms with Crippen molar-refractivity contribution in [3.63, 3.8) is 0 Å². The molecule has 0 bridgehead atoms. The molecule has 22 heavy (non-hydrogen) atoms. The molecule has 0 saturated carbocycles. The minimum Gasteiger partial charge on any atom is -0.508 e. The van der Waals surface area contributed by atoms with E-state index in [1.807, 2.05) is 0 Å². The lowest BCUT2D eigenvalue weighted by Gasteiger charge is -2.05. The molecule has 0 aliphatic heterocycles. The molecule has 0 heterocycles. The first-order valence-electron chi connectivity index (χ1n) is 6.10. The Morgan fingerprint density at radius 2 is 1.36 bits per heavy atom. The molecule has 0 aromatic heterocycles. The number of hydrogen-bond acceptors (Lipinski definition) is 6. The van der Waals surface area contributed by atoms with Crippen molar-refractivity contribution in [3.05, 3.63) is 29.8 Å². The summed E-state index contributed by atoms with van der Waals surface area (Å²) in [4.78, 5) is 30.0. The Hall–Kier alpha value is -2.65. The van der Waals surface area contributed by atoms with Gasteiger partial charge in [0, 0.05) is 0 Å². The second-order valence-corrected chi connectivity index (χ2v) is 4.36. The molecule has 0 saturated heterocycles. The molecule has 1 rings (SSSR count). The molecule has 1 aromatic carbocycles. The number of aliphatic carboxylic acids is 3. The van der Waals surface area contributed by atoms with Crippen molar-refractivity contribution in [2.75, 3.05) is 0 Å². The van der Waals surface area contributed by atoms with Gasteiger partial charge in [-0.05, 0) is 24.1 Å². The van der Waals surface area contributed by atoms with Crippen LogP contribution in [0.4, 0.5) is 0 Å². The molecule has 9 heteroatoms. The van der Waals surface area contributed by atoms with Gasteiger partial charge in [0.1, 0.15) is 17.8 Å². The monoisotopic (exact) mass is 314 g/mol. The van der Waals surface area contributed by atoms with Gasteiger partial charge >= 0.3 is 17.9 Å². The third-order valence-electron chi connectivity index (χ3n) is 2.42. The Labute approximate surface area is 125 Å². The fourth-order valence-electron chi connectivity index (χ4n) is 1.25. The molecule has 0 fully saturated rings. The highest BCUT2D eigenvalue weighted by molar-refractivity contribution is 5.80. The zero-order valence-electron chi connectivity index (χ0n) is 11.5. The molecule has 0 amide bonds. The molecule has 9 nitrogen and oxygen atoms in total. The number of rotatable bonds is 6. The molecule has 0 spiro atoms. The molecule has 2 atom stereocenters. The smallest absolute Gasteiger partial charge is 0.321 e. The van der Waals surface area contributed by atoms with E-state index in [4.69, 9.17) is 31.9 Å². The number of carboxylic acids is 3. The Balaban J connectivity index is 0.000000433.